The number of hydrogen-bond acceptors (Lipinski definition) is 3. The summed E-state index contributed by atoms with van der Waals surface area (Å²) in [5, 5.41) is 8.93. The summed E-state index contributed by atoms with van der Waals surface area (Å²) in [7, 11) is 3.28. The van der Waals surface area contributed by atoms with Crippen LogP contribution in [0.15, 0.2) is 34.6 Å². The highest BCUT2D eigenvalue weighted by Gasteiger charge is 2.20. The predicted molar refractivity (Wildman–Crippen MR) is 52.5 cm³/mol. The first-order valence-corrected chi connectivity index (χ1v) is 4.22. The fourth-order valence-electron chi connectivity index (χ4n) is 1.31. The molecule has 0 N–H and O–H groups in total. The molecule has 0 saturated heterocycles. The molecule has 0 bridgehead atoms. The lowest BCUT2D eigenvalue weighted by Crippen LogP contribution is -2.34. The van der Waals surface area contributed by atoms with E-state index in [1.54, 1.807) is 14.1 Å². The van der Waals surface area contributed by atoms with Gasteiger partial charge in [-0.2, -0.15) is 5.01 Å². The molecular weight excluding hydrogens is 180 g/mol. The molecule has 0 fully saturated rings. The maximum absolute atomic E-state index is 11.6. The summed E-state index contributed by atoms with van der Waals surface area (Å²) < 4.78 is 0. The van der Waals surface area contributed by atoms with Gasteiger partial charge in [0.15, 0.2) is 0 Å². The number of nitrogens with zero attached hydrogens (tertiary/aromatic N) is 4. The highest BCUT2D eigenvalue weighted by atomic mass is 16.2. The van der Waals surface area contributed by atoms with Crippen LogP contribution in [0.3, 0.4) is 0 Å². The van der Waals surface area contributed by atoms with E-state index in [0.29, 0.717) is 5.69 Å². The van der Waals surface area contributed by atoms with Gasteiger partial charge in [0.25, 0.3) is 0 Å². The monoisotopic (exact) mass is 190 g/mol. The van der Waals surface area contributed by atoms with Crippen molar-refractivity contribution in [1.82, 2.24) is 5.01 Å². The van der Waals surface area contributed by atoms with Gasteiger partial charge in [-0.1, -0.05) is 17.4 Å². The number of urea groups is 1. The van der Waals surface area contributed by atoms with Crippen LogP contribution in [-0.2, 0) is 0 Å². The Morgan fingerprint density at radius 2 is 1.93 bits per heavy atom. The first-order chi connectivity index (χ1) is 6.70. The van der Waals surface area contributed by atoms with Gasteiger partial charge in [-0.15, -0.1) is 5.11 Å². The van der Waals surface area contributed by atoms with Crippen molar-refractivity contribution >= 4 is 17.4 Å². The van der Waals surface area contributed by atoms with Crippen molar-refractivity contribution in [2.45, 2.75) is 0 Å². The molecule has 0 aromatic heterocycles. The third-order valence-electron chi connectivity index (χ3n) is 2.09. The maximum Gasteiger partial charge on any atom is 0.345 e. The van der Waals surface area contributed by atoms with Crippen LogP contribution in [-0.4, -0.2) is 25.1 Å². The molecule has 5 heteroatoms. The van der Waals surface area contributed by atoms with Crippen LogP contribution < -0.4 is 4.90 Å². The second-order valence-corrected chi connectivity index (χ2v) is 3.04. The van der Waals surface area contributed by atoms with Crippen molar-refractivity contribution in [3.63, 3.8) is 0 Å². The van der Waals surface area contributed by atoms with Crippen molar-refractivity contribution in [1.29, 1.82) is 0 Å². The van der Waals surface area contributed by atoms with Crippen LogP contribution in [0.5, 0.6) is 0 Å². The third kappa shape index (κ3) is 1.22. The number of carbonyl (C=O) groups excluding carboxylic acids is 1. The Balaban J connectivity index is 2.54. The number of anilines is 1. The summed E-state index contributed by atoms with van der Waals surface area (Å²) in [5.41, 5.74) is 1.47. The average molecular weight is 190 g/mol. The van der Waals surface area contributed by atoms with Crippen LogP contribution in [0.1, 0.15) is 0 Å². The SMILES string of the molecule is CN1N=Nc2ccccc2N(C)C1=O. The molecule has 2 amide bonds. The number of hydrogen-bond donors (Lipinski definition) is 0. The quantitative estimate of drug-likeness (QED) is 0.618. The minimum Gasteiger partial charge on any atom is -0.294 e. The maximum atomic E-state index is 11.6. The lowest BCUT2D eigenvalue weighted by atomic mass is 10.2. The molecule has 72 valence electrons. The van der Waals surface area contributed by atoms with E-state index < -0.39 is 0 Å². The summed E-state index contributed by atoms with van der Waals surface area (Å²) in [6, 6.07) is 7.19. The largest absolute Gasteiger partial charge is 0.345 e. The van der Waals surface area contributed by atoms with Crippen LogP contribution in [0.2, 0.25) is 0 Å². The molecule has 0 unspecified atom stereocenters. The fourth-order valence-corrected chi connectivity index (χ4v) is 1.31. The summed E-state index contributed by atoms with van der Waals surface area (Å²) in [6.07, 6.45) is 0. The first kappa shape index (κ1) is 8.68. The van der Waals surface area contributed by atoms with Gasteiger partial charge in [-0.3, -0.25) is 4.90 Å². The number of para-hydroxylation sites is 1. The van der Waals surface area contributed by atoms with E-state index in [0.717, 1.165) is 5.69 Å². The predicted octanol–water partition coefficient (Wildman–Crippen LogP) is 2.19. The molecule has 2 rings (SSSR count). The molecule has 1 heterocycles. The Labute approximate surface area is 81.6 Å². The van der Waals surface area contributed by atoms with Crippen molar-refractivity contribution in [3.05, 3.63) is 24.3 Å². The summed E-state index contributed by atoms with van der Waals surface area (Å²) >= 11 is 0. The van der Waals surface area contributed by atoms with E-state index in [-0.39, 0.29) is 6.03 Å². The normalized spacial score (nSPS) is 15.4. The molecule has 0 radical (unpaired) electrons. The Bertz CT molecular complexity index is 402. The topological polar surface area (TPSA) is 48.3 Å². The molecule has 1 aromatic rings. The number of rotatable bonds is 0. The van der Waals surface area contributed by atoms with Gasteiger partial charge < -0.3 is 0 Å². The highest BCUT2D eigenvalue weighted by molar-refractivity contribution is 5.94. The minimum absolute atomic E-state index is 0.196. The van der Waals surface area contributed by atoms with Crippen molar-refractivity contribution < 1.29 is 4.79 Å². The first-order valence-electron chi connectivity index (χ1n) is 4.22. The molecule has 5 nitrogen and oxygen atoms in total. The number of carbonyl (C=O) groups is 1. The Hall–Kier alpha value is -1.91. The van der Waals surface area contributed by atoms with Gasteiger partial charge in [0.2, 0.25) is 0 Å². The zero-order valence-corrected chi connectivity index (χ0v) is 8.01. The summed E-state index contributed by atoms with van der Waals surface area (Å²) in [5.74, 6) is 0. The van der Waals surface area contributed by atoms with Crippen molar-refractivity contribution in [3.8, 4) is 0 Å². The molecule has 14 heavy (non-hydrogen) atoms. The zero-order valence-electron chi connectivity index (χ0n) is 8.01. The van der Waals surface area contributed by atoms with Crippen LogP contribution in [0.25, 0.3) is 0 Å². The van der Waals surface area contributed by atoms with Gasteiger partial charge in [0.05, 0.1) is 5.69 Å². The van der Waals surface area contributed by atoms with Gasteiger partial charge in [0.1, 0.15) is 5.69 Å². The molecular formula is C9H10N4O. The molecule has 1 aliphatic rings. The molecule has 1 aliphatic heterocycles. The third-order valence-corrected chi connectivity index (χ3v) is 2.09. The lowest BCUT2D eigenvalue weighted by molar-refractivity contribution is 0.216. The number of benzene rings is 1. The number of fused-ring (bicyclic) bond motifs is 1. The molecule has 0 spiro atoms. The van der Waals surface area contributed by atoms with Crippen LogP contribution in [0, 0.1) is 0 Å². The standard InChI is InChI=1S/C9H10N4O/c1-12-8-6-4-3-5-7(8)10-11-13(2)9(12)14/h3-6H,1-2H3. The van der Waals surface area contributed by atoms with E-state index in [1.807, 2.05) is 24.3 Å². The van der Waals surface area contributed by atoms with Gasteiger partial charge in [-0.05, 0) is 12.1 Å². The van der Waals surface area contributed by atoms with E-state index in [1.165, 1.54) is 9.91 Å². The summed E-state index contributed by atoms with van der Waals surface area (Å²) in [4.78, 5) is 13.1. The Morgan fingerprint density at radius 1 is 1.21 bits per heavy atom. The van der Waals surface area contributed by atoms with Gasteiger partial charge >= 0.3 is 6.03 Å². The van der Waals surface area contributed by atoms with Crippen LogP contribution >= 0.6 is 0 Å². The van der Waals surface area contributed by atoms with E-state index in [4.69, 9.17) is 0 Å². The van der Waals surface area contributed by atoms with Gasteiger partial charge in [0, 0.05) is 14.1 Å². The Morgan fingerprint density at radius 3 is 2.71 bits per heavy atom. The number of amides is 2. The fraction of sp³-hybridized carbons (Fsp3) is 0.222. The Kier molecular flexibility index (Phi) is 1.92. The van der Waals surface area contributed by atoms with E-state index in [2.05, 4.69) is 10.3 Å². The second-order valence-electron chi connectivity index (χ2n) is 3.04. The zero-order chi connectivity index (χ0) is 10.1. The second kappa shape index (κ2) is 3.10. The highest BCUT2D eigenvalue weighted by Crippen LogP contribution is 2.30. The van der Waals surface area contributed by atoms with Crippen molar-refractivity contribution in [2.75, 3.05) is 19.0 Å². The van der Waals surface area contributed by atoms with Crippen molar-refractivity contribution in [2.24, 2.45) is 10.3 Å². The van der Waals surface area contributed by atoms with E-state index in [9.17, 15) is 4.79 Å². The minimum atomic E-state index is -0.196. The summed E-state index contributed by atoms with van der Waals surface area (Å²) in [6.45, 7) is 0. The lowest BCUT2D eigenvalue weighted by Gasteiger charge is -2.18. The smallest absolute Gasteiger partial charge is 0.294 e. The van der Waals surface area contributed by atoms with E-state index >= 15 is 0 Å². The molecule has 1 aromatic carbocycles. The van der Waals surface area contributed by atoms with Crippen LogP contribution in [0.4, 0.5) is 16.2 Å². The molecule has 0 atom stereocenters. The van der Waals surface area contributed by atoms with Gasteiger partial charge in [-0.25, -0.2) is 4.79 Å². The average Bonchev–Trinajstić information content (AvgIpc) is 2.32. The molecule has 0 aliphatic carbocycles. The molecule has 0 saturated carbocycles.